The number of ketones is 1. The Morgan fingerprint density at radius 2 is 1.43 bits per heavy atom. The van der Waals surface area contributed by atoms with E-state index in [4.69, 9.17) is 0 Å². The molecular formula is C19H22FeINO+2. The Morgan fingerprint density at radius 1 is 0.957 bits per heavy atom. The van der Waals surface area contributed by atoms with Crippen molar-refractivity contribution in [2.24, 2.45) is 5.92 Å². The monoisotopic (exact) mass is 463 g/mol. The average Bonchev–Trinajstić information content (AvgIpc) is 3.19. The first kappa shape index (κ1) is 21.7. The van der Waals surface area contributed by atoms with Crippen molar-refractivity contribution in [3.8, 4) is 0 Å². The van der Waals surface area contributed by atoms with E-state index >= 15 is 0 Å². The smallest absolute Gasteiger partial charge is 1.00 e. The number of rotatable bonds is 1. The average molecular weight is 463 g/mol. The Labute approximate surface area is 169 Å². The van der Waals surface area contributed by atoms with E-state index in [1.54, 1.807) is 0 Å². The van der Waals surface area contributed by atoms with Crippen LogP contribution < -0.4 is 24.0 Å². The van der Waals surface area contributed by atoms with E-state index in [-0.39, 0.29) is 41.0 Å². The Balaban J connectivity index is 0.000000328. The van der Waals surface area contributed by atoms with Gasteiger partial charge in [-0.05, 0) is 63.9 Å². The van der Waals surface area contributed by atoms with Crippen LogP contribution in [0.15, 0.2) is 11.8 Å². The molecular weight excluding hydrogens is 441 g/mol. The van der Waals surface area contributed by atoms with Crippen LogP contribution in [-0.2, 0) is 21.9 Å². The number of hydrogen-bond donors (Lipinski definition) is 0. The molecule has 0 aromatic heterocycles. The van der Waals surface area contributed by atoms with Crippen molar-refractivity contribution in [2.45, 2.75) is 12.8 Å². The first-order valence-corrected chi connectivity index (χ1v) is 7.68. The second-order valence-corrected chi connectivity index (χ2v) is 6.19. The molecule has 2 bridgehead atoms. The number of Topliss-reactive ketones (excluding diaryl/α,β-unsaturated/α-hetero) is 1. The normalized spacial score (nSPS) is 34.6. The fraction of sp³-hybridized carbons (Fsp3) is 0.316. The summed E-state index contributed by atoms with van der Waals surface area (Å²) in [6.45, 7) is 2.26. The quantitative estimate of drug-likeness (QED) is 0.227. The standard InChI is InChI=1S/C14H17NO.C5H5.Fe.HI/c1-15-8-6-12(7-9-15)14(16)13(15)10-11-4-2-3-5-11;1-2-4-5-3-1;;/h2-5,10,12H,6-9H2,1H3;1-5H;;1H/q+1;;+2;/p-1/b13-10+;;;. The van der Waals surface area contributed by atoms with Crippen molar-refractivity contribution in [3.63, 3.8) is 0 Å². The minimum absolute atomic E-state index is 0. The molecule has 0 spiro atoms. The molecule has 3 heterocycles. The summed E-state index contributed by atoms with van der Waals surface area (Å²) in [5.74, 6) is 1.86. The molecule has 5 aliphatic rings. The molecule has 5 fully saturated rings. The van der Waals surface area contributed by atoms with E-state index in [0.717, 1.165) is 42.0 Å². The number of carbonyl (C=O) groups excluding carboxylic acids is 1. The summed E-state index contributed by atoms with van der Waals surface area (Å²) in [7, 11) is 2.20. The summed E-state index contributed by atoms with van der Waals surface area (Å²) < 4.78 is 0.848. The molecule has 23 heavy (non-hydrogen) atoms. The van der Waals surface area contributed by atoms with Crippen molar-refractivity contribution in [1.29, 1.82) is 0 Å². The molecule has 3 saturated heterocycles. The van der Waals surface area contributed by atoms with Crippen molar-refractivity contribution in [2.75, 3.05) is 20.1 Å². The van der Waals surface area contributed by atoms with Gasteiger partial charge in [0.25, 0.3) is 0 Å². The zero-order valence-corrected chi connectivity index (χ0v) is 16.5. The largest absolute Gasteiger partial charge is 2.00 e. The summed E-state index contributed by atoms with van der Waals surface area (Å²) in [5, 5.41) is 0. The summed E-state index contributed by atoms with van der Waals surface area (Å²) in [5.41, 5.74) is 1.02. The number of fused-ring (bicyclic) bond motifs is 3. The van der Waals surface area contributed by atoms with Crippen molar-refractivity contribution in [3.05, 3.63) is 75.5 Å². The molecule has 4 heteroatoms. The number of allylic oxidation sites excluding steroid dienone is 2. The van der Waals surface area contributed by atoms with Gasteiger partial charge in [-0.15, -0.1) is 0 Å². The first-order valence-electron chi connectivity index (χ1n) is 7.68. The number of nitrogens with zero attached hydrogens (tertiary/aromatic N) is 1. The Hall–Kier alpha value is 0.619. The van der Waals surface area contributed by atoms with Crippen molar-refractivity contribution >= 4 is 5.78 Å². The van der Waals surface area contributed by atoms with Crippen LogP contribution in [0.25, 0.3) is 0 Å². The molecule has 2 aliphatic carbocycles. The Morgan fingerprint density at radius 3 is 1.87 bits per heavy atom. The van der Waals surface area contributed by atoms with E-state index in [2.05, 4.69) is 26.0 Å². The number of halogens is 1. The van der Waals surface area contributed by atoms with Gasteiger partial charge in [0.1, 0.15) is 0 Å². The van der Waals surface area contributed by atoms with Gasteiger partial charge in [0, 0.05) is 24.7 Å². The third kappa shape index (κ3) is 5.29. The molecule has 3 aliphatic heterocycles. The fourth-order valence-corrected chi connectivity index (χ4v) is 3.31. The topological polar surface area (TPSA) is 17.1 Å². The van der Waals surface area contributed by atoms with Gasteiger partial charge in [-0.1, -0.05) is 0 Å². The van der Waals surface area contributed by atoms with E-state index in [1.807, 2.05) is 44.9 Å². The predicted molar refractivity (Wildman–Crippen MR) is 83.7 cm³/mol. The molecule has 0 N–H and O–H groups in total. The summed E-state index contributed by atoms with van der Waals surface area (Å²) in [6, 6.07) is 0. The second kappa shape index (κ2) is 9.94. The molecule has 2 saturated carbocycles. The Bertz CT molecular complexity index is 398. The maximum absolute atomic E-state index is 12.2. The second-order valence-electron chi connectivity index (χ2n) is 6.19. The number of likely N-dealkylation sites (N-methyl/N-ethyl adjacent to an activating group) is 1. The minimum atomic E-state index is 0. The molecule has 0 aromatic carbocycles. The van der Waals surface area contributed by atoms with Crippen LogP contribution >= 0.6 is 0 Å². The summed E-state index contributed by atoms with van der Waals surface area (Å²) in [6.07, 6.45) is 22.4. The number of hydrogen-bond acceptors (Lipinski definition) is 1. The maximum Gasteiger partial charge on any atom is 2.00 e. The van der Waals surface area contributed by atoms with Crippen LogP contribution in [0.3, 0.4) is 0 Å². The molecule has 0 aromatic rings. The predicted octanol–water partition coefficient (Wildman–Crippen LogP) is -0.262. The van der Waals surface area contributed by atoms with Crippen LogP contribution in [-0.4, -0.2) is 30.4 Å². The van der Waals surface area contributed by atoms with E-state index < -0.39 is 0 Å². The maximum atomic E-state index is 12.2. The third-order valence-electron chi connectivity index (χ3n) is 4.69. The van der Waals surface area contributed by atoms with Crippen molar-refractivity contribution in [1.82, 2.24) is 0 Å². The molecule has 0 atom stereocenters. The molecule has 122 valence electrons. The van der Waals surface area contributed by atoms with Gasteiger partial charge in [0.2, 0.25) is 5.78 Å². The summed E-state index contributed by atoms with van der Waals surface area (Å²) >= 11 is 0. The van der Waals surface area contributed by atoms with Crippen LogP contribution in [0, 0.1) is 69.6 Å². The minimum Gasteiger partial charge on any atom is -1.00 e. The van der Waals surface area contributed by atoms with Gasteiger partial charge >= 0.3 is 17.1 Å². The summed E-state index contributed by atoms with van der Waals surface area (Å²) in [4.78, 5) is 12.2. The molecule has 5 rings (SSSR count). The SMILES string of the molecule is C[N+]12CCC(CC1)C(=O)/C2=C\[C]1[CH][CH][CH][CH]1.[CH]1[CH][CH][CH][CH]1.[Fe+2].[I-]. The zero-order valence-electron chi connectivity index (χ0n) is 13.3. The number of quaternary nitrogens is 1. The molecule has 10 radical (unpaired) electrons. The number of carbonyl (C=O) groups is 1. The molecule has 0 amide bonds. The molecule has 0 unspecified atom stereocenters. The zero-order chi connectivity index (χ0) is 14.7. The molecule has 2 nitrogen and oxygen atoms in total. The van der Waals surface area contributed by atoms with E-state index in [0.29, 0.717) is 11.7 Å². The van der Waals surface area contributed by atoms with Gasteiger partial charge in [-0.3, -0.25) is 9.28 Å². The number of piperidine rings is 3. The first-order chi connectivity index (χ1) is 10.2. The van der Waals surface area contributed by atoms with Gasteiger partial charge in [-0.2, -0.15) is 0 Å². The fourth-order valence-electron chi connectivity index (χ4n) is 3.31. The Kier molecular flexibility index (Phi) is 9.36. The van der Waals surface area contributed by atoms with Gasteiger partial charge < -0.3 is 24.0 Å². The van der Waals surface area contributed by atoms with E-state index in [9.17, 15) is 4.79 Å². The van der Waals surface area contributed by atoms with Crippen LogP contribution in [0.4, 0.5) is 0 Å². The van der Waals surface area contributed by atoms with E-state index in [1.165, 1.54) is 0 Å². The van der Waals surface area contributed by atoms with Crippen molar-refractivity contribution < 1.29 is 50.3 Å². The van der Waals surface area contributed by atoms with Crippen LogP contribution in [0.5, 0.6) is 0 Å². The van der Waals surface area contributed by atoms with Gasteiger partial charge in [-0.25, -0.2) is 0 Å². The third-order valence-corrected chi connectivity index (χ3v) is 4.69. The van der Waals surface area contributed by atoms with Gasteiger partial charge in [0.05, 0.1) is 20.1 Å². The van der Waals surface area contributed by atoms with Crippen LogP contribution in [0.2, 0.25) is 0 Å². The van der Waals surface area contributed by atoms with Gasteiger partial charge in [0.15, 0.2) is 5.70 Å². The van der Waals surface area contributed by atoms with Crippen LogP contribution in [0.1, 0.15) is 12.8 Å².